The minimum absolute atomic E-state index is 0.295. The molecule has 0 aliphatic heterocycles. The quantitative estimate of drug-likeness (QED) is 0.748. The van der Waals surface area contributed by atoms with Gasteiger partial charge < -0.3 is 10.4 Å². The molecule has 0 amide bonds. The van der Waals surface area contributed by atoms with E-state index in [0.29, 0.717) is 12.3 Å². The van der Waals surface area contributed by atoms with Crippen molar-refractivity contribution in [3.8, 4) is 17.0 Å². The second-order valence-electron chi connectivity index (χ2n) is 4.85. The summed E-state index contributed by atoms with van der Waals surface area (Å²) in [6.45, 7) is 2.70. The Bertz CT molecular complexity index is 735. The van der Waals surface area contributed by atoms with Gasteiger partial charge in [0.25, 0.3) is 0 Å². The van der Waals surface area contributed by atoms with Crippen LogP contribution in [0.25, 0.3) is 11.3 Å². The number of nitrogens with zero attached hydrogens (tertiary/aromatic N) is 1. The van der Waals surface area contributed by atoms with Gasteiger partial charge in [0.2, 0.25) is 0 Å². The third-order valence-corrected chi connectivity index (χ3v) is 3.98. The molecule has 3 nitrogen and oxygen atoms in total. The molecule has 0 fully saturated rings. The van der Waals surface area contributed by atoms with Gasteiger partial charge in [-0.1, -0.05) is 24.3 Å². The van der Waals surface area contributed by atoms with Crippen LogP contribution in [0.3, 0.4) is 0 Å². The topological polar surface area (TPSA) is 45.2 Å². The van der Waals surface area contributed by atoms with Crippen LogP contribution in [-0.2, 0) is 6.54 Å². The van der Waals surface area contributed by atoms with Gasteiger partial charge in [-0.3, -0.25) is 0 Å². The van der Waals surface area contributed by atoms with E-state index in [2.05, 4.69) is 27.8 Å². The number of aromatic nitrogens is 1. The van der Waals surface area contributed by atoms with Gasteiger partial charge in [0.15, 0.2) is 0 Å². The third-order valence-electron chi connectivity index (χ3n) is 3.21. The van der Waals surface area contributed by atoms with E-state index >= 15 is 0 Å². The minimum Gasteiger partial charge on any atom is -0.508 e. The zero-order valence-corrected chi connectivity index (χ0v) is 12.5. The molecule has 3 rings (SSSR count). The maximum Gasteiger partial charge on any atom is 0.115 e. The van der Waals surface area contributed by atoms with Crippen LogP contribution < -0.4 is 5.32 Å². The van der Waals surface area contributed by atoms with Crippen LogP contribution in [0.4, 0.5) is 5.69 Å². The van der Waals surface area contributed by atoms with Gasteiger partial charge >= 0.3 is 0 Å². The average Bonchev–Trinajstić information content (AvgIpc) is 2.92. The summed E-state index contributed by atoms with van der Waals surface area (Å²) >= 11 is 1.66. The molecule has 0 atom stereocenters. The Balaban J connectivity index is 1.67. The van der Waals surface area contributed by atoms with E-state index < -0.39 is 0 Å². The number of nitrogens with one attached hydrogen (secondary N) is 1. The van der Waals surface area contributed by atoms with E-state index in [9.17, 15) is 5.11 Å². The standard InChI is InChI=1S/C17H16N2OS/c1-12-19-17(11-21-12)14-5-7-15(8-6-14)18-10-13-3-2-4-16(20)9-13/h2-9,11,18,20H,10H2,1H3. The fourth-order valence-corrected chi connectivity index (χ4v) is 2.75. The summed E-state index contributed by atoms with van der Waals surface area (Å²) in [5.74, 6) is 0.295. The van der Waals surface area contributed by atoms with Crippen LogP contribution in [0, 0.1) is 6.92 Å². The number of anilines is 1. The molecule has 0 aliphatic rings. The van der Waals surface area contributed by atoms with Gasteiger partial charge in [0, 0.05) is 23.2 Å². The zero-order valence-electron chi connectivity index (χ0n) is 11.7. The molecule has 0 unspecified atom stereocenters. The van der Waals surface area contributed by atoms with Crippen molar-refractivity contribution in [1.82, 2.24) is 4.98 Å². The van der Waals surface area contributed by atoms with E-state index in [1.165, 1.54) is 0 Å². The Labute approximate surface area is 127 Å². The summed E-state index contributed by atoms with van der Waals surface area (Å²) < 4.78 is 0. The number of aromatic hydroxyl groups is 1. The molecule has 21 heavy (non-hydrogen) atoms. The smallest absolute Gasteiger partial charge is 0.115 e. The van der Waals surface area contributed by atoms with E-state index in [1.54, 1.807) is 23.5 Å². The molecule has 1 heterocycles. The summed E-state index contributed by atoms with van der Waals surface area (Å²) in [6, 6.07) is 15.5. The molecule has 2 N–H and O–H groups in total. The first-order valence-corrected chi connectivity index (χ1v) is 7.63. The summed E-state index contributed by atoms with van der Waals surface area (Å²) in [6.07, 6.45) is 0. The number of thiazole rings is 1. The molecule has 0 radical (unpaired) electrons. The van der Waals surface area contributed by atoms with Crippen LogP contribution in [0.1, 0.15) is 10.6 Å². The van der Waals surface area contributed by atoms with Gasteiger partial charge in [0.05, 0.1) is 10.7 Å². The molecule has 3 aromatic rings. The summed E-state index contributed by atoms with van der Waals surface area (Å²) in [7, 11) is 0. The Hall–Kier alpha value is -2.33. The first-order chi connectivity index (χ1) is 10.2. The van der Waals surface area contributed by atoms with E-state index in [0.717, 1.165) is 27.5 Å². The molecule has 0 bridgehead atoms. The van der Waals surface area contributed by atoms with Crippen molar-refractivity contribution in [1.29, 1.82) is 0 Å². The molecule has 0 aliphatic carbocycles. The monoisotopic (exact) mass is 296 g/mol. The number of hydrogen-bond acceptors (Lipinski definition) is 4. The van der Waals surface area contributed by atoms with Gasteiger partial charge in [-0.05, 0) is 36.8 Å². The van der Waals surface area contributed by atoms with E-state index in [-0.39, 0.29) is 0 Å². The molecular formula is C17H16N2OS. The van der Waals surface area contributed by atoms with Crippen molar-refractivity contribution in [2.24, 2.45) is 0 Å². The van der Waals surface area contributed by atoms with Crippen molar-refractivity contribution in [2.45, 2.75) is 13.5 Å². The van der Waals surface area contributed by atoms with E-state index in [1.807, 2.05) is 31.2 Å². The van der Waals surface area contributed by atoms with Gasteiger partial charge in [-0.2, -0.15) is 0 Å². The van der Waals surface area contributed by atoms with Gasteiger partial charge in [0.1, 0.15) is 5.75 Å². The molecule has 1 aromatic heterocycles. The number of phenolic OH excluding ortho intramolecular Hbond substituents is 1. The summed E-state index contributed by atoms with van der Waals surface area (Å²) in [4.78, 5) is 4.48. The molecule has 0 saturated heterocycles. The second-order valence-corrected chi connectivity index (χ2v) is 5.91. The predicted molar refractivity (Wildman–Crippen MR) is 87.7 cm³/mol. The Morgan fingerprint density at radius 3 is 2.62 bits per heavy atom. The molecular weight excluding hydrogens is 280 g/mol. The Kier molecular flexibility index (Phi) is 3.88. The van der Waals surface area contributed by atoms with Crippen LogP contribution >= 0.6 is 11.3 Å². The maximum atomic E-state index is 9.44. The van der Waals surface area contributed by atoms with Crippen molar-refractivity contribution in [3.63, 3.8) is 0 Å². The normalized spacial score (nSPS) is 10.5. The highest BCUT2D eigenvalue weighted by Crippen LogP contribution is 2.23. The highest BCUT2D eigenvalue weighted by Gasteiger charge is 2.02. The highest BCUT2D eigenvalue weighted by molar-refractivity contribution is 7.09. The minimum atomic E-state index is 0.295. The summed E-state index contributed by atoms with van der Waals surface area (Å²) in [5, 5.41) is 15.9. The highest BCUT2D eigenvalue weighted by atomic mass is 32.1. The number of rotatable bonds is 4. The van der Waals surface area contributed by atoms with Crippen LogP contribution in [-0.4, -0.2) is 10.1 Å². The second kappa shape index (κ2) is 5.97. The third kappa shape index (κ3) is 3.41. The van der Waals surface area contributed by atoms with Crippen molar-refractivity contribution >= 4 is 17.0 Å². The number of phenols is 1. The lowest BCUT2D eigenvalue weighted by molar-refractivity contribution is 0.474. The number of aryl methyl sites for hydroxylation is 1. The number of benzene rings is 2. The van der Waals surface area contributed by atoms with Gasteiger partial charge in [-0.15, -0.1) is 11.3 Å². The maximum absolute atomic E-state index is 9.44. The largest absolute Gasteiger partial charge is 0.508 e. The Morgan fingerprint density at radius 2 is 1.95 bits per heavy atom. The van der Waals surface area contributed by atoms with E-state index in [4.69, 9.17) is 0 Å². The lowest BCUT2D eigenvalue weighted by atomic mass is 10.1. The average molecular weight is 296 g/mol. The first-order valence-electron chi connectivity index (χ1n) is 6.75. The number of hydrogen-bond donors (Lipinski definition) is 2. The molecule has 2 aromatic carbocycles. The zero-order chi connectivity index (χ0) is 14.7. The molecule has 0 spiro atoms. The van der Waals surface area contributed by atoms with Crippen molar-refractivity contribution in [2.75, 3.05) is 5.32 Å². The lowest BCUT2D eigenvalue weighted by Crippen LogP contribution is -1.98. The van der Waals surface area contributed by atoms with Crippen LogP contribution in [0.2, 0.25) is 0 Å². The SMILES string of the molecule is Cc1nc(-c2ccc(NCc3cccc(O)c3)cc2)cs1. The molecule has 0 saturated carbocycles. The molecule has 106 valence electrons. The fraction of sp³-hybridized carbons (Fsp3) is 0.118. The molecule has 4 heteroatoms. The van der Waals surface area contributed by atoms with Crippen LogP contribution in [0.5, 0.6) is 5.75 Å². The predicted octanol–water partition coefficient (Wildman–Crippen LogP) is 4.44. The van der Waals surface area contributed by atoms with Crippen LogP contribution in [0.15, 0.2) is 53.9 Å². The fourth-order valence-electron chi connectivity index (χ4n) is 2.13. The lowest BCUT2D eigenvalue weighted by Gasteiger charge is -2.07. The van der Waals surface area contributed by atoms with Gasteiger partial charge in [-0.25, -0.2) is 4.98 Å². The van der Waals surface area contributed by atoms with Crippen molar-refractivity contribution < 1.29 is 5.11 Å². The first kappa shape index (κ1) is 13.6. The van der Waals surface area contributed by atoms with Crippen molar-refractivity contribution in [3.05, 3.63) is 64.5 Å². The summed E-state index contributed by atoms with van der Waals surface area (Å²) in [5.41, 5.74) is 4.25. The Morgan fingerprint density at radius 1 is 1.14 bits per heavy atom.